The van der Waals surface area contributed by atoms with Gasteiger partial charge >= 0.3 is 0 Å². The summed E-state index contributed by atoms with van der Waals surface area (Å²) in [6.45, 7) is 3.08. The van der Waals surface area contributed by atoms with E-state index in [9.17, 15) is 13.6 Å². The molecule has 1 amide bonds. The Morgan fingerprint density at radius 3 is 2.47 bits per heavy atom. The van der Waals surface area contributed by atoms with E-state index in [1.54, 1.807) is 13.8 Å². The van der Waals surface area contributed by atoms with Crippen LogP contribution in [0.4, 0.5) is 14.5 Å². The van der Waals surface area contributed by atoms with Crippen molar-refractivity contribution in [3.63, 3.8) is 0 Å². The van der Waals surface area contributed by atoms with E-state index >= 15 is 0 Å². The summed E-state index contributed by atoms with van der Waals surface area (Å²) in [7, 11) is 1.37. The lowest BCUT2D eigenvalue weighted by molar-refractivity contribution is -0.133. The first kappa shape index (κ1) is 14.1. The number of hydrogen-bond acceptors (Lipinski definition) is 2. The zero-order valence-electron chi connectivity index (χ0n) is 9.61. The molecule has 0 aliphatic rings. The SMILES string of the molecule is COC(C)(C)C(=O)Nc1cc(Br)c(F)cc1F. The van der Waals surface area contributed by atoms with Crippen LogP contribution in [0.1, 0.15) is 13.8 Å². The fraction of sp³-hybridized carbons (Fsp3) is 0.364. The summed E-state index contributed by atoms with van der Waals surface area (Å²) in [6.07, 6.45) is 0. The van der Waals surface area contributed by atoms with Gasteiger partial charge in [0.25, 0.3) is 5.91 Å². The Balaban J connectivity index is 2.97. The maximum Gasteiger partial charge on any atom is 0.256 e. The topological polar surface area (TPSA) is 38.3 Å². The molecule has 17 heavy (non-hydrogen) atoms. The Morgan fingerprint density at radius 2 is 1.94 bits per heavy atom. The number of anilines is 1. The molecular formula is C11H12BrF2NO2. The van der Waals surface area contributed by atoms with E-state index in [1.165, 1.54) is 7.11 Å². The molecule has 0 aliphatic carbocycles. The van der Waals surface area contributed by atoms with Crippen LogP contribution in [0.25, 0.3) is 0 Å². The highest BCUT2D eigenvalue weighted by molar-refractivity contribution is 9.10. The number of halogens is 3. The highest BCUT2D eigenvalue weighted by atomic mass is 79.9. The molecule has 0 spiro atoms. The third-order valence-corrected chi connectivity index (χ3v) is 2.92. The fourth-order valence-corrected chi connectivity index (χ4v) is 1.33. The molecule has 6 heteroatoms. The maximum atomic E-state index is 13.4. The molecule has 0 saturated carbocycles. The number of ether oxygens (including phenoxy) is 1. The molecular weight excluding hydrogens is 296 g/mol. The average molecular weight is 308 g/mol. The molecule has 0 bridgehead atoms. The van der Waals surface area contributed by atoms with Crippen LogP contribution in [-0.2, 0) is 9.53 Å². The Kier molecular flexibility index (Phi) is 4.21. The van der Waals surface area contributed by atoms with Crippen LogP contribution in [0.15, 0.2) is 16.6 Å². The highest BCUT2D eigenvalue weighted by Crippen LogP contribution is 2.24. The maximum absolute atomic E-state index is 13.4. The van der Waals surface area contributed by atoms with Gasteiger partial charge in [0.2, 0.25) is 0 Å². The molecule has 1 aromatic carbocycles. The summed E-state index contributed by atoms with van der Waals surface area (Å²) in [5, 5.41) is 2.33. The number of carbonyl (C=O) groups is 1. The number of methoxy groups -OCH3 is 1. The van der Waals surface area contributed by atoms with Gasteiger partial charge in [-0.05, 0) is 35.8 Å². The van der Waals surface area contributed by atoms with Crippen molar-refractivity contribution in [2.24, 2.45) is 0 Å². The monoisotopic (exact) mass is 307 g/mol. The Labute approximate surface area is 106 Å². The fourth-order valence-electron chi connectivity index (χ4n) is 0.984. The van der Waals surface area contributed by atoms with E-state index in [0.717, 1.165) is 6.07 Å². The molecule has 1 aromatic rings. The van der Waals surface area contributed by atoms with Crippen molar-refractivity contribution in [2.45, 2.75) is 19.4 Å². The smallest absolute Gasteiger partial charge is 0.256 e. The van der Waals surface area contributed by atoms with Crippen LogP contribution in [-0.4, -0.2) is 18.6 Å². The second-order valence-electron chi connectivity index (χ2n) is 3.91. The number of amides is 1. The van der Waals surface area contributed by atoms with Gasteiger partial charge in [-0.2, -0.15) is 0 Å². The molecule has 0 unspecified atom stereocenters. The summed E-state index contributed by atoms with van der Waals surface area (Å²) in [5.41, 5.74) is -1.19. The quantitative estimate of drug-likeness (QED) is 0.872. The number of benzene rings is 1. The van der Waals surface area contributed by atoms with E-state index in [0.29, 0.717) is 6.07 Å². The Morgan fingerprint density at radius 1 is 1.35 bits per heavy atom. The number of rotatable bonds is 3. The standard InChI is InChI=1S/C11H12BrF2NO2/c1-11(2,17-3)10(16)15-9-4-6(12)7(13)5-8(9)14/h4-5H,1-3H3,(H,15,16). The van der Waals surface area contributed by atoms with Gasteiger partial charge in [0, 0.05) is 13.2 Å². The molecule has 0 heterocycles. The predicted molar refractivity (Wildman–Crippen MR) is 63.8 cm³/mol. The highest BCUT2D eigenvalue weighted by Gasteiger charge is 2.27. The lowest BCUT2D eigenvalue weighted by Crippen LogP contribution is -2.39. The first-order valence-corrected chi connectivity index (χ1v) is 5.58. The molecule has 0 aliphatic heterocycles. The van der Waals surface area contributed by atoms with Crippen LogP contribution in [0.5, 0.6) is 0 Å². The van der Waals surface area contributed by atoms with Gasteiger partial charge < -0.3 is 10.1 Å². The van der Waals surface area contributed by atoms with Gasteiger partial charge in [-0.1, -0.05) is 0 Å². The minimum atomic E-state index is -1.09. The summed E-state index contributed by atoms with van der Waals surface area (Å²) < 4.78 is 31.4. The second kappa shape index (κ2) is 5.10. The van der Waals surface area contributed by atoms with Crippen LogP contribution in [0, 0.1) is 11.6 Å². The Hall–Kier alpha value is -1.01. The summed E-state index contributed by atoms with van der Waals surface area (Å²) >= 11 is 2.91. The minimum absolute atomic E-state index is 0.0735. The van der Waals surface area contributed by atoms with E-state index in [4.69, 9.17) is 4.74 Å². The van der Waals surface area contributed by atoms with Crippen molar-refractivity contribution in [1.29, 1.82) is 0 Å². The predicted octanol–water partition coefficient (Wildman–Crippen LogP) is 3.09. The number of nitrogens with one attached hydrogen (secondary N) is 1. The van der Waals surface area contributed by atoms with Crippen molar-refractivity contribution < 1.29 is 18.3 Å². The molecule has 94 valence electrons. The van der Waals surface area contributed by atoms with Gasteiger partial charge in [0.15, 0.2) is 0 Å². The lowest BCUT2D eigenvalue weighted by Gasteiger charge is -2.21. The van der Waals surface area contributed by atoms with Crippen molar-refractivity contribution in [3.05, 3.63) is 28.2 Å². The summed E-state index contributed by atoms with van der Waals surface area (Å²) in [4.78, 5) is 11.7. The Bertz CT molecular complexity index is 449. The van der Waals surface area contributed by atoms with Gasteiger partial charge in [0.1, 0.15) is 17.2 Å². The van der Waals surface area contributed by atoms with Gasteiger partial charge in [-0.15, -0.1) is 0 Å². The van der Waals surface area contributed by atoms with Crippen LogP contribution in [0.3, 0.4) is 0 Å². The summed E-state index contributed by atoms with van der Waals surface area (Å²) in [6, 6.07) is 1.85. The molecule has 0 saturated heterocycles. The van der Waals surface area contributed by atoms with Gasteiger partial charge in [-0.25, -0.2) is 8.78 Å². The molecule has 0 aromatic heterocycles. The second-order valence-corrected chi connectivity index (χ2v) is 4.77. The average Bonchev–Trinajstić information content (AvgIpc) is 2.25. The summed E-state index contributed by atoms with van der Waals surface area (Å²) in [5.74, 6) is -2.09. The third-order valence-electron chi connectivity index (χ3n) is 2.32. The van der Waals surface area contributed by atoms with Crippen LogP contribution >= 0.6 is 15.9 Å². The van der Waals surface area contributed by atoms with Crippen molar-refractivity contribution in [3.8, 4) is 0 Å². The molecule has 0 radical (unpaired) electrons. The molecule has 0 atom stereocenters. The normalized spacial score (nSPS) is 11.4. The zero-order chi connectivity index (χ0) is 13.2. The molecule has 0 fully saturated rings. The third kappa shape index (κ3) is 3.23. The van der Waals surface area contributed by atoms with E-state index in [-0.39, 0.29) is 10.2 Å². The zero-order valence-corrected chi connectivity index (χ0v) is 11.2. The van der Waals surface area contributed by atoms with Gasteiger partial charge in [0.05, 0.1) is 10.2 Å². The minimum Gasteiger partial charge on any atom is -0.369 e. The molecule has 3 nitrogen and oxygen atoms in total. The van der Waals surface area contributed by atoms with E-state index in [1.807, 2.05) is 0 Å². The largest absolute Gasteiger partial charge is 0.369 e. The van der Waals surface area contributed by atoms with E-state index in [2.05, 4.69) is 21.2 Å². The number of carbonyl (C=O) groups excluding carboxylic acids is 1. The first-order valence-electron chi connectivity index (χ1n) is 4.79. The molecule has 1 rings (SSSR count). The van der Waals surface area contributed by atoms with Crippen molar-refractivity contribution in [1.82, 2.24) is 0 Å². The van der Waals surface area contributed by atoms with Crippen LogP contribution in [0.2, 0.25) is 0 Å². The lowest BCUT2D eigenvalue weighted by atomic mass is 10.1. The van der Waals surface area contributed by atoms with Crippen molar-refractivity contribution >= 4 is 27.5 Å². The molecule has 1 N–H and O–H groups in total. The first-order chi connectivity index (χ1) is 7.77. The number of hydrogen-bond donors (Lipinski definition) is 1. The van der Waals surface area contributed by atoms with Gasteiger partial charge in [-0.3, -0.25) is 4.79 Å². The van der Waals surface area contributed by atoms with Crippen molar-refractivity contribution in [2.75, 3.05) is 12.4 Å². The van der Waals surface area contributed by atoms with E-state index < -0.39 is 23.1 Å². The van der Waals surface area contributed by atoms with Crippen LogP contribution < -0.4 is 5.32 Å².